The van der Waals surface area contributed by atoms with E-state index in [1.807, 2.05) is 35.7 Å². The Morgan fingerprint density at radius 1 is 1.19 bits per heavy atom. The molecule has 0 unspecified atom stereocenters. The fraction of sp³-hybridized carbons (Fsp3) is 0.154. The van der Waals surface area contributed by atoms with Crippen LogP contribution in [0, 0.1) is 0 Å². The van der Waals surface area contributed by atoms with Crippen molar-refractivity contribution in [2.45, 2.75) is 11.7 Å². The lowest BCUT2D eigenvalue weighted by atomic mass is 10.1. The lowest BCUT2D eigenvalue weighted by Gasteiger charge is -2.10. The summed E-state index contributed by atoms with van der Waals surface area (Å²) in [6.07, 6.45) is 3.15. The first kappa shape index (κ1) is 25.2. The molecule has 0 saturated carbocycles. The summed E-state index contributed by atoms with van der Waals surface area (Å²) in [4.78, 5) is 31.1. The molecule has 0 bridgehead atoms. The Morgan fingerprint density at radius 2 is 1.97 bits per heavy atom. The predicted molar refractivity (Wildman–Crippen MR) is 146 cm³/mol. The summed E-state index contributed by atoms with van der Waals surface area (Å²) in [5.41, 5.74) is 4.89. The number of ether oxygens (including phenoxy) is 2. The number of thiophene rings is 1. The summed E-state index contributed by atoms with van der Waals surface area (Å²) in [7, 11) is 3.11. The third-order valence-corrected chi connectivity index (χ3v) is 7.05. The lowest BCUT2D eigenvalue weighted by molar-refractivity contribution is -0.118. The Labute approximate surface area is 216 Å². The molecule has 0 saturated heterocycles. The van der Waals surface area contributed by atoms with Crippen LogP contribution < -0.4 is 20.5 Å². The number of nitrogens with zero attached hydrogens (tertiary/aromatic N) is 3. The summed E-state index contributed by atoms with van der Waals surface area (Å²) in [6.45, 7) is 4.05. The minimum absolute atomic E-state index is 0.0370. The topological polar surface area (TPSA) is 94.8 Å². The number of fused-ring (bicyclic) bond motifs is 1. The molecule has 0 aliphatic rings. The third-order valence-electron chi connectivity index (χ3n) is 5.20. The van der Waals surface area contributed by atoms with Crippen molar-refractivity contribution in [3.05, 3.63) is 82.5 Å². The molecule has 10 heteroatoms. The predicted octanol–water partition coefficient (Wildman–Crippen LogP) is 4.57. The zero-order valence-electron chi connectivity index (χ0n) is 19.8. The summed E-state index contributed by atoms with van der Waals surface area (Å²) in [6, 6.07) is 15.0. The molecule has 2 heterocycles. The summed E-state index contributed by atoms with van der Waals surface area (Å²) in [5.74, 6) is 0.878. The molecule has 1 N–H and O–H groups in total. The second-order valence-electron chi connectivity index (χ2n) is 7.49. The molecule has 0 aliphatic carbocycles. The average molecular weight is 521 g/mol. The Balaban J connectivity index is 1.49. The number of hydrazone groups is 1. The SMILES string of the molecule is C=CCn1c(SCC(=O)N/N=C/c2ccc(OC)c(OC)c2)nc2scc(-c3ccccc3)c2c1=O. The van der Waals surface area contributed by atoms with Crippen molar-refractivity contribution in [2.24, 2.45) is 5.10 Å². The fourth-order valence-corrected chi connectivity index (χ4v) is 5.30. The van der Waals surface area contributed by atoms with Crippen LogP contribution in [0.15, 0.2) is 81.6 Å². The minimum atomic E-state index is -0.327. The molecular formula is C26H24N4O4S2. The molecular weight excluding hydrogens is 496 g/mol. The maximum absolute atomic E-state index is 13.4. The van der Waals surface area contributed by atoms with Gasteiger partial charge in [-0.25, -0.2) is 10.4 Å². The Kier molecular flexibility index (Phi) is 8.19. The number of amides is 1. The van der Waals surface area contributed by atoms with Gasteiger partial charge < -0.3 is 9.47 Å². The molecule has 0 atom stereocenters. The van der Waals surface area contributed by atoms with E-state index in [1.165, 1.54) is 29.3 Å². The minimum Gasteiger partial charge on any atom is -0.493 e. The summed E-state index contributed by atoms with van der Waals surface area (Å²) >= 11 is 2.58. The van der Waals surface area contributed by atoms with E-state index in [-0.39, 0.29) is 23.8 Å². The molecule has 4 aromatic rings. The summed E-state index contributed by atoms with van der Waals surface area (Å²) in [5, 5.41) is 6.97. The van der Waals surface area contributed by atoms with Crippen LogP contribution in [0.1, 0.15) is 5.56 Å². The number of carbonyl (C=O) groups is 1. The molecule has 2 aromatic heterocycles. The van der Waals surface area contributed by atoms with Crippen molar-refractivity contribution in [2.75, 3.05) is 20.0 Å². The number of nitrogens with one attached hydrogen (secondary N) is 1. The second kappa shape index (κ2) is 11.7. The van der Waals surface area contributed by atoms with Gasteiger partial charge in [0, 0.05) is 17.5 Å². The maximum Gasteiger partial charge on any atom is 0.263 e. The normalized spacial score (nSPS) is 11.1. The van der Waals surface area contributed by atoms with Crippen LogP contribution in [0.5, 0.6) is 11.5 Å². The molecule has 4 rings (SSSR count). The molecule has 184 valence electrons. The van der Waals surface area contributed by atoms with Gasteiger partial charge >= 0.3 is 0 Å². The molecule has 0 aliphatic heterocycles. The lowest BCUT2D eigenvalue weighted by Crippen LogP contribution is -2.24. The zero-order valence-corrected chi connectivity index (χ0v) is 21.4. The van der Waals surface area contributed by atoms with E-state index in [9.17, 15) is 9.59 Å². The molecule has 1 amide bonds. The number of hydrogen-bond acceptors (Lipinski definition) is 8. The van der Waals surface area contributed by atoms with Gasteiger partial charge in [0.05, 0.1) is 31.6 Å². The highest BCUT2D eigenvalue weighted by molar-refractivity contribution is 7.99. The maximum atomic E-state index is 13.4. The zero-order chi connectivity index (χ0) is 25.5. The van der Waals surface area contributed by atoms with Gasteiger partial charge in [0.2, 0.25) is 0 Å². The number of thioether (sulfide) groups is 1. The average Bonchev–Trinajstić information content (AvgIpc) is 3.34. The smallest absolute Gasteiger partial charge is 0.263 e. The molecule has 0 fully saturated rings. The van der Waals surface area contributed by atoms with Gasteiger partial charge in [0.1, 0.15) is 4.83 Å². The van der Waals surface area contributed by atoms with Crippen molar-refractivity contribution < 1.29 is 14.3 Å². The van der Waals surface area contributed by atoms with Crippen LogP contribution in [-0.4, -0.2) is 41.6 Å². The molecule has 2 aromatic carbocycles. The molecule has 0 radical (unpaired) electrons. The van der Waals surface area contributed by atoms with E-state index in [2.05, 4.69) is 22.1 Å². The van der Waals surface area contributed by atoms with Gasteiger partial charge in [-0.1, -0.05) is 48.2 Å². The van der Waals surface area contributed by atoms with E-state index in [0.717, 1.165) is 16.7 Å². The molecule has 8 nitrogen and oxygen atoms in total. The van der Waals surface area contributed by atoms with Gasteiger partial charge in [0.25, 0.3) is 11.5 Å². The monoisotopic (exact) mass is 520 g/mol. The molecule has 0 spiro atoms. The number of methoxy groups -OCH3 is 2. The first-order valence-electron chi connectivity index (χ1n) is 10.9. The van der Waals surface area contributed by atoms with E-state index in [0.29, 0.717) is 26.9 Å². The number of hydrogen-bond donors (Lipinski definition) is 1. The largest absolute Gasteiger partial charge is 0.493 e. The van der Waals surface area contributed by atoms with Crippen molar-refractivity contribution in [3.8, 4) is 22.6 Å². The number of allylic oxidation sites excluding steroid dienone is 1. The van der Waals surface area contributed by atoms with Crippen LogP contribution >= 0.6 is 23.1 Å². The van der Waals surface area contributed by atoms with Crippen LogP contribution in [0.3, 0.4) is 0 Å². The van der Waals surface area contributed by atoms with E-state index in [1.54, 1.807) is 43.1 Å². The number of aromatic nitrogens is 2. The third kappa shape index (κ3) is 5.50. The van der Waals surface area contributed by atoms with Crippen LogP contribution in [-0.2, 0) is 11.3 Å². The highest BCUT2D eigenvalue weighted by atomic mass is 32.2. The second-order valence-corrected chi connectivity index (χ2v) is 9.29. The molecule has 36 heavy (non-hydrogen) atoms. The van der Waals surface area contributed by atoms with E-state index < -0.39 is 0 Å². The van der Waals surface area contributed by atoms with Crippen molar-refractivity contribution in [1.82, 2.24) is 15.0 Å². The van der Waals surface area contributed by atoms with Crippen molar-refractivity contribution in [1.29, 1.82) is 0 Å². The standard InChI is InChI=1S/C26H24N4O4S2/c1-4-12-30-25(32)23-19(18-8-6-5-7-9-18)15-35-24(23)28-26(30)36-16-22(31)29-27-14-17-10-11-20(33-2)21(13-17)34-3/h4-11,13-15H,1,12,16H2,2-3H3,(H,29,31)/b27-14+. The van der Waals surface area contributed by atoms with E-state index >= 15 is 0 Å². The van der Waals surface area contributed by atoms with Gasteiger partial charge in [-0.05, 0) is 29.3 Å². The quantitative estimate of drug-likeness (QED) is 0.108. The number of benzene rings is 2. The van der Waals surface area contributed by atoms with Crippen LogP contribution in [0.25, 0.3) is 21.3 Å². The highest BCUT2D eigenvalue weighted by Crippen LogP contribution is 2.32. The van der Waals surface area contributed by atoms with Crippen molar-refractivity contribution in [3.63, 3.8) is 0 Å². The van der Waals surface area contributed by atoms with Gasteiger partial charge in [-0.15, -0.1) is 17.9 Å². The van der Waals surface area contributed by atoms with Crippen LogP contribution in [0.2, 0.25) is 0 Å². The summed E-state index contributed by atoms with van der Waals surface area (Å²) < 4.78 is 12.0. The van der Waals surface area contributed by atoms with E-state index in [4.69, 9.17) is 9.47 Å². The first-order chi connectivity index (χ1) is 17.5. The first-order valence-corrected chi connectivity index (χ1v) is 12.8. The highest BCUT2D eigenvalue weighted by Gasteiger charge is 2.17. The number of carbonyl (C=O) groups excluding carboxylic acids is 1. The number of rotatable bonds is 10. The Hall–Kier alpha value is -3.89. The Morgan fingerprint density at radius 3 is 2.69 bits per heavy atom. The van der Waals surface area contributed by atoms with Crippen molar-refractivity contribution >= 4 is 45.4 Å². The van der Waals surface area contributed by atoms with Gasteiger partial charge in [-0.2, -0.15) is 5.10 Å². The Bertz CT molecular complexity index is 1480. The van der Waals surface area contributed by atoms with Gasteiger partial charge in [-0.3, -0.25) is 14.2 Å². The van der Waals surface area contributed by atoms with Gasteiger partial charge in [0.15, 0.2) is 16.7 Å². The fourth-order valence-electron chi connectivity index (χ4n) is 3.51. The van der Waals surface area contributed by atoms with Crippen LogP contribution in [0.4, 0.5) is 0 Å².